The van der Waals surface area contributed by atoms with Crippen molar-refractivity contribution in [2.45, 2.75) is 13.3 Å². The SMILES string of the molecule is C[C]Cc1ccoc1. The van der Waals surface area contributed by atoms with E-state index in [1.165, 1.54) is 5.56 Å². The van der Waals surface area contributed by atoms with E-state index < -0.39 is 0 Å². The van der Waals surface area contributed by atoms with Crippen LogP contribution in [-0.2, 0) is 6.42 Å². The van der Waals surface area contributed by atoms with E-state index in [4.69, 9.17) is 4.42 Å². The van der Waals surface area contributed by atoms with Crippen molar-refractivity contribution < 1.29 is 4.42 Å². The summed E-state index contributed by atoms with van der Waals surface area (Å²) >= 11 is 0. The lowest BCUT2D eigenvalue weighted by Gasteiger charge is -1.83. The van der Waals surface area contributed by atoms with Gasteiger partial charge in [-0.1, -0.05) is 6.92 Å². The lowest BCUT2D eigenvalue weighted by atomic mass is 10.2. The average molecular weight is 108 g/mol. The molecule has 1 aromatic heterocycles. The van der Waals surface area contributed by atoms with Crippen LogP contribution in [0.1, 0.15) is 12.5 Å². The highest BCUT2D eigenvalue weighted by atomic mass is 16.3. The van der Waals surface area contributed by atoms with Crippen LogP contribution in [-0.4, -0.2) is 0 Å². The molecule has 1 rings (SSSR count). The summed E-state index contributed by atoms with van der Waals surface area (Å²) in [4.78, 5) is 0. The molecule has 0 aliphatic rings. The molecule has 0 saturated heterocycles. The first kappa shape index (κ1) is 5.42. The van der Waals surface area contributed by atoms with Gasteiger partial charge in [-0.3, -0.25) is 0 Å². The Kier molecular flexibility index (Phi) is 1.73. The van der Waals surface area contributed by atoms with E-state index in [0.29, 0.717) is 0 Å². The Morgan fingerprint density at radius 3 is 3.12 bits per heavy atom. The quantitative estimate of drug-likeness (QED) is 0.564. The summed E-state index contributed by atoms with van der Waals surface area (Å²) < 4.78 is 4.83. The third-order valence-corrected chi connectivity index (χ3v) is 0.961. The second-order valence-electron chi connectivity index (χ2n) is 1.66. The highest BCUT2D eigenvalue weighted by Gasteiger charge is 1.88. The van der Waals surface area contributed by atoms with E-state index in [0.717, 1.165) is 6.42 Å². The number of furan rings is 1. The smallest absolute Gasteiger partial charge is 0.0934 e. The standard InChI is InChI=1S/C7H8O/c1-2-3-7-4-5-8-6-7/h4-6H,3H2,1H3. The van der Waals surface area contributed by atoms with Crippen molar-refractivity contribution >= 4 is 0 Å². The van der Waals surface area contributed by atoms with Gasteiger partial charge in [0.2, 0.25) is 0 Å². The molecule has 1 heterocycles. The van der Waals surface area contributed by atoms with Gasteiger partial charge >= 0.3 is 0 Å². The zero-order chi connectivity index (χ0) is 5.82. The molecule has 1 nitrogen and oxygen atoms in total. The molecule has 2 radical (unpaired) electrons. The Labute approximate surface area is 49.3 Å². The highest BCUT2D eigenvalue weighted by Crippen LogP contribution is 2.01. The third-order valence-electron chi connectivity index (χ3n) is 0.961. The van der Waals surface area contributed by atoms with Crippen molar-refractivity contribution in [3.05, 3.63) is 30.6 Å². The van der Waals surface area contributed by atoms with Crippen LogP contribution in [0.4, 0.5) is 0 Å². The molecule has 1 aromatic rings. The largest absolute Gasteiger partial charge is 0.472 e. The van der Waals surface area contributed by atoms with Gasteiger partial charge < -0.3 is 4.42 Å². The van der Waals surface area contributed by atoms with Gasteiger partial charge in [-0.15, -0.1) is 0 Å². The van der Waals surface area contributed by atoms with Crippen molar-refractivity contribution in [2.75, 3.05) is 0 Å². The first-order valence-electron chi connectivity index (χ1n) is 2.59. The third kappa shape index (κ3) is 1.12. The lowest BCUT2D eigenvalue weighted by Crippen LogP contribution is -1.75. The van der Waals surface area contributed by atoms with Crippen molar-refractivity contribution in [3.8, 4) is 0 Å². The molecule has 8 heavy (non-hydrogen) atoms. The van der Waals surface area contributed by atoms with Crippen molar-refractivity contribution in [1.29, 1.82) is 0 Å². The summed E-state index contributed by atoms with van der Waals surface area (Å²) in [6.07, 6.45) is 7.30. The van der Waals surface area contributed by atoms with Gasteiger partial charge in [-0.05, 0) is 24.5 Å². The Balaban J connectivity index is 2.50. The zero-order valence-corrected chi connectivity index (χ0v) is 4.85. The van der Waals surface area contributed by atoms with Crippen molar-refractivity contribution in [1.82, 2.24) is 0 Å². The summed E-state index contributed by atoms with van der Waals surface area (Å²) in [7, 11) is 0. The first-order chi connectivity index (χ1) is 3.93. The molecular weight excluding hydrogens is 100 g/mol. The molecule has 0 fully saturated rings. The molecule has 0 N–H and O–H groups in total. The molecule has 0 saturated carbocycles. The van der Waals surface area contributed by atoms with E-state index in [9.17, 15) is 0 Å². The maximum Gasteiger partial charge on any atom is 0.0934 e. The predicted molar refractivity (Wildman–Crippen MR) is 31.3 cm³/mol. The second-order valence-corrected chi connectivity index (χ2v) is 1.66. The Morgan fingerprint density at radius 1 is 1.75 bits per heavy atom. The van der Waals surface area contributed by atoms with Gasteiger partial charge in [0.15, 0.2) is 0 Å². The average Bonchev–Trinajstić information content (AvgIpc) is 2.19. The van der Waals surface area contributed by atoms with Gasteiger partial charge in [-0.25, -0.2) is 0 Å². The van der Waals surface area contributed by atoms with E-state index in [-0.39, 0.29) is 0 Å². The topological polar surface area (TPSA) is 13.1 Å². The normalized spacial score (nSPS) is 9.62. The fourth-order valence-electron chi connectivity index (χ4n) is 0.597. The number of hydrogen-bond donors (Lipinski definition) is 0. The van der Waals surface area contributed by atoms with Crippen LogP contribution in [0.2, 0.25) is 0 Å². The Hall–Kier alpha value is -0.720. The summed E-state index contributed by atoms with van der Waals surface area (Å²) in [5.74, 6) is 0. The second kappa shape index (κ2) is 2.55. The lowest BCUT2D eigenvalue weighted by molar-refractivity contribution is 0.564. The minimum Gasteiger partial charge on any atom is -0.472 e. The van der Waals surface area contributed by atoms with Gasteiger partial charge in [0.25, 0.3) is 0 Å². The predicted octanol–water partition coefficient (Wildman–Crippen LogP) is 1.92. The molecule has 42 valence electrons. The van der Waals surface area contributed by atoms with Crippen LogP contribution >= 0.6 is 0 Å². The van der Waals surface area contributed by atoms with Gasteiger partial charge in [0.05, 0.1) is 12.5 Å². The van der Waals surface area contributed by atoms with Crippen molar-refractivity contribution in [2.24, 2.45) is 0 Å². The number of hydrogen-bond acceptors (Lipinski definition) is 1. The van der Waals surface area contributed by atoms with E-state index in [2.05, 4.69) is 6.42 Å². The molecule has 0 amide bonds. The van der Waals surface area contributed by atoms with E-state index >= 15 is 0 Å². The van der Waals surface area contributed by atoms with E-state index in [1.807, 2.05) is 13.0 Å². The van der Waals surface area contributed by atoms with Gasteiger partial charge in [0, 0.05) is 0 Å². The minimum absolute atomic E-state index is 0.885. The van der Waals surface area contributed by atoms with Crippen LogP contribution < -0.4 is 0 Å². The van der Waals surface area contributed by atoms with E-state index in [1.54, 1.807) is 12.5 Å². The molecule has 1 heteroatoms. The molecule has 0 spiro atoms. The van der Waals surface area contributed by atoms with Gasteiger partial charge in [0.1, 0.15) is 0 Å². The van der Waals surface area contributed by atoms with Crippen LogP contribution in [0.5, 0.6) is 0 Å². The molecule has 0 aromatic carbocycles. The van der Waals surface area contributed by atoms with Crippen LogP contribution in [0.15, 0.2) is 23.0 Å². The Bertz CT molecular complexity index is 130. The molecule has 0 bridgehead atoms. The summed E-state index contributed by atoms with van der Waals surface area (Å²) in [6, 6.07) is 1.94. The molecule has 0 atom stereocenters. The minimum atomic E-state index is 0.885. The number of rotatable bonds is 2. The Morgan fingerprint density at radius 2 is 2.62 bits per heavy atom. The fraction of sp³-hybridized carbons (Fsp3) is 0.286. The summed E-state index contributed by atoms with van der Waals surface area (Å²) in [6.45, 7) is 1.91. The van der Waals surface area contributed by atoms with Crippen molar-refractivity contribution in [3.63, 3.8) is 0 Å². The van der Waals surface area contributed by atoms with Crippen LogP contribution in [0, 0.1) is 6.42 Å². The van der Waals surface area contributed by atoms with Crippen LogP contribution in [0.25, 0.3) is 0 Å². The van der Waals surface area contributed by atoms with Crippen LogP contribution in [0.3, 0.4) is 0 Å². The molecular formula is C7H8O. The maximum atomic E-state index is 4.83. The summed E-state index contributed by atoms with van der Waals surface area (Å²) in [5, 5.41) is 0. The summed E-state index contributed by atoms with van der Waals surface area (Å²) in [5.41, 5.74) is 1.19. The first-order valence-corrected chi connectivity index (χ1v) is 2.59. The molecule has 0 aliphatic heterocycles. The highest BCUT2D eigenvalue weighted by molar-refractivity contribution is 5.07. The molecule has 0 unspecified atom stereocenters. The molecule has 0 aliphatic carbocycles. The monoisotopic (exact) mass is 108 g/mol. The zero-order valence-electron chi connectivity index (χ0n) is 4.85. The fourth-order valence-corrected chi connectivity index (χ4v) is 0.597. The van der Waals surface area contributed by atoms with Gasteiger partial charge in [-0.2, -0.15) is 0 Å². The maximum absolute atomic E-state index is 4.83.